The molecule has 0 atom stereocenters. The van der Waals surface area contributed by atoms with Crippen LogP contribution in [-0.2, 0) is 15.1 Å². The summed E-state index contributed by atoms with van der Waals surface area (Å²) in [7, 11) is 0. The van der Waals surface area contributed by atoms with E-state index in [0.29, 0.717) is 5.57 Å². The quantitative estimate of drug-likeness (QED) is 0.445. The summed E-state index contributed by atoms with van der Waals surface area (Å²) in [5, 5.41) is 4.06. The van der Waals surface area contributed by atoms with Gasteiger partial charge in [0.1, 0.15) is 0 Å². The SMILES string of the molecule is C=C(C)C(=O)OC1(c2ccsc2)c2ccccc2Sc2ccccc21. The van der Waals surface area contributed by atoms with Gasteiger partial charge in [0.15, 0.2) is 5.60 Å². The molecule has 1 aromatic heterocycles. The average molecular weight is 364 g/mol. The van der Waals surface area contributed by atoms with Gasteiger partial charge in [-0.3, -0.25) is 0 Å². The molecule has 124 valence electrons. The van der Waals surface area contributed by atoms with Gasteiger partial charge in [-0.05, 0) is 35.9 Å². The number of rotatable bonds is 3. The van der Waals surface area contributed by atoms with Crippen molar-refractivity contribution >= 4 is 29.1 Å². The zero-order chi connectivity index (χ0) is 17.4. The maximum absolute atomic E-state index is 12.6. The van der Waals surface area contributed by atoms with Crippen LogP contribution in [0.3, 0.4) is 0 Å². The Bertz CT molecular complexity index is 912. The molecule has 1 aliphatic rings. The second kappa shape index (κ2) is 6.21. The minimum atomic E-state index is -0.950. The van der Waals surface area contributed by atoms with Crippen molar-refractivity contribution in [2.24, 2.45) is 0 Å². The van der Waals surface area contributed by atoms with E-state index in [9.17, 15) is 4.79 Å². The third-order valence-corrected chi connectivity index (χ3v) is 6.11. The molecule has 4 rings (SSSR count). The predicted molar refractivity (Wildman–Crippen MR) is 102 cm³/mol. The van der Waals surface area contributed by atoms with Crippen LogP contribution in [-0.4, -0.2) is 5.97 Å². The molecule has 2 heterocycles. The maximum Gasteiger partial charge on any atom is 0.334 e. The summed E-state index contributed by atoms with van der Waals surface area (Å²) in [5.41, 5.74) is 2.39. The molecule has 0 N–H and O–H groups in total. The smallest absolute Gasteiger partial charge is 0.334 e. The van der Waals surface area contributed by atoms with Gasteiger partial charge in [-0.1, -0.05) is 54.7 Å². The summed E-state index contributed by atoms with van der Waals surface area (Å²) in [6.45, 7) is 5.45. The van der Waals surface area contributed by atoms with Crippen LogP contribution in [0.1, 0.15) is 23.6 Å². The molecular weight excluding hydrogens is 348 g/mol. The zero-order valence-corrected chi connectivity index (χ0v) is 15.3. The molecule has 0 spiro atoms. The molecule has 25 heavy (non-hydrogen) atoms. The molecule has 0 radical (unpaired) electrons. The van der Waals surface area contributed by atoms with Crippen LogP contribution in [0.2, 0.25) is 0 Å². The Hall–Kier alpha value is -2.30. The highest BCUT2D eigenvalue weighted by Crippen LogP contribution is 2.53. The summed E-state index contributed by atoms with van der Waals surface area (Å²) in [4.78, 5) is 14.8. The van der Waals surface area contributed by atoms with Gasteiger partial charge in [-0.2, -0.15) is 11.3 Å². The number of thiophene rings is 1. The molecule has 1 aliphatic heterocycles. The largest absolute Gasteiger partial charge is 0.441 e. The Balaban J connectivity index is 2.06. The molecule has 0 amide bonds. The van der Waals surface area contributed by atoms with Crippen LogP contribution in [0.4, 0.5) is 0 Å². The number of carbonyl (C=O) groups excluding carboxylic acids is 1. The Labute approximate surface area is 155 Å². The van der Waals surface area contributed by atoms with Gasteiger partial charge in [0.2, 0.25) is 0 Å². The fourth-order valence-corrected chi connectivity index (χ4v) is 5.00. The Morgan fingerprint density at radius 3 is 2.12 bits per heavy atom. The van der Waals surface area contributed by atoms with Gasteiger partial charge < -0.3 is 4.74 Å². The second-order valence-electron chi connectivity index (χ2n) is 5.96. The fraction of sp³-hybridized carbons (Fsp3) is 0.0952. The van der Waals surface area contributed by atoms with Crippen molar-refractivity contribution in [1.82, 2.24) is 0 Å². The highest BCUT2D eigenvalue weighted by atomic mass is 32.2. The average Bonchev–Trinajstić information content (AvgIpc) is 3.16. The maximum atomic E-state index is 12.6. The summed E-state index contributed by atoms with van der Waals surface area (Å²) in [5.74, 6) is -0.386. The third-order valence-electron chi connectivity index (χ3n) is 4.27. The number of hydrogen-bond donors (Lipinski definition) is 0. The third kappa shape index (κ3) is 2.53. The summed E-state index contributed by atoms with van der Waals surface area (Å²) in [6, 6.07) is 18.3. The Morgan fingerprint density at radius 1 is 1.00 bits per heavy atom. The lowest BCUT2D eigenvalue weighted by Crippen LogP contribution is -2.37. The van der Waals surface area contributed by atoms with Gasteiger partial charge in [0.05, 0.1) is 0 Å². The Morgan fingerprint density at radius 2 is 1.60 bits per heavy atom. The van der Waals surface area contributed by atoms with Crippen molar-refractivity contribution in [2.45, 2.75) is 22.3 Å². The van der Waals surface area contributed by atoms with Crippen LogP contribution in [0, 0.1) is 0 Å². The van der Waals surface area contributed by atoms with Crippen LogP contribution in [0.25, 0.3) is 0 Å². The van der Waals surface area contributed by atoms with Crippen LogP contribution >= 0.6 is 23.1 Å². The minimum absolute atomic E-state index is 0.386. The number of fused-ring (bicyclic) bond motifs is 2. The first kappa shape index (κ1) is 16.2. The Kier molecular flexibility index (Phi) is 4.02. The van der Waals surface area contributed by atoms with Crippen molar-refractivity contribution in [2.75, 3.05) is 0 Å². The molecular formula is C21H16O2S2. The molecule has 2 nitrogen and oxygen atoms in total. The van der Waals surface area contributed by atoms with E-state index in [1.165, 1.54) is 0 Å². The van der Waals surface area contributed by atoms with Crippen molar-refractivity contribution in [3.8, 4) is 0 Å². The fourth-order valence-electron chi connectivity index (χ4n) is 3.13. The number of benzene rings is 2. The molecule has 2 aromatic carbocycles. The van der Waals surface area contributed by atoms with Gasteiger partial charge in [-0.25, -0.2) is 4.79 Å². The van der Waals surface area contributed by atoms with E-state index in [2.05, 4.69) is 24.1 Å². The standard InChI is InChI=1S/C21H16O2S2/c1-14(2)20(22)23-21(15-11-12-24-13-15)16-7-3-5-9-18(16)25-19-10-6-4-8-17(19)21/h3-13H,1H2,2H3. The molecule has 0 saturated heterocycles. The van der Waals surface area contributed by atoms with E-state index in [0.717, 1.165) is 26.5 Å². The van der Waals surface area contributed by atoms with E-state index in [1.54, 1.807) is 30.0 Å². The van der Waals surface area contributed by atoms with Crippen molar-refractivity contribution in [1.29, 1.82) is 0 Å². The predicted octanol–water partition coefficient (Wildman–Crippen LogP) is 5.62. The second-order valence-corrected chi connectivity index (χ2v) is 7.82. The minimum Gasteiger partial charge on any atom is -0.441 e. The molecule has 3 aromatic rings. The highest BCUT2D eigenvalue weighted by molar-refractivity contribution is 7.99. The first-order chi connectivity index (χ1) is 12.1. The molecule has 0 fully saturated rings. The van der Waals surface area contributed by atoms with Crippen LogP contribution in [0.15, 0.2) is 87.3 Å². The lowest BCUT2D eigenvalue weighted by atomic mass is 9.80. The normalized spacial score (nSPS) is 14.3. The van der Waals surface area contributed by atoms with Crippen molar-refractivity contribution in [3.63, 3.8) is 0 Å². The summed E-state index contributed by atoms with van der Waals surface area (Å²) in [6.07, 6.45) is 0. The van der Waals surface area contributed by atoms with Crippen molar-refractivity contribution in [3.05, 3.63) is 94.2 Å². The summed E-state index contributed by atoms with van der Waals surface area (Å²) < 4.78 is 6.19. The topological polar surface area (TPSA) is 26.3 Å². The van der Waals surface area contributed by atoms with E-state index in [1.807, 2.05) is 47.8 Å². The first-order valence-corrected chi connectivity index (χ1v) is 9.67. The molecule has 0 bridgehead atoms. The van der Waals surface area contributed by atoms with E-state index in [-0.39, 0.29) is 5.97 Å². The van der Waals surface area contributed by atoms with Gasteiger partial charge in [-0.15, -0.1) is 0 Å². The van der Waals surface area contributed by atoms with Gasteiger partial charge in [0.25, 0.3) is 0 Å². The van der Waals surface area contributed by atoms with E-state index in [4.69, 9.17) is 4.74 Å². The molecule has 0 aliphatic carbocycles. The monoisotopic (exact) mass is 364 g/mol. The summed E-state index contributed by atoms with van der Waals surface area (Å²) >= 11 is 3.30. The van der Waals surface area contributed by atoms with Crippen molar-refractivity contribution < 1.29 is 9.53 Å². The zero-order valence-electron chi connectivity index (χ0n) is 13.7. The highest BCUT2D eigenvalue weighted by Gasteiger charge is 2.46. The van der Waals surface area contributed by atoms with Crippen LogP contribution in [0.5, 0.6) is 0 Å². The lowest BCUT2D eigenvalue weighted by molar-refractivity contribution is -0.148. The van der Waals surface area contributed by atoms with E-state index >= 15 is 0 Å². The number of hydrogen-bond acceptors (Lipinski definition) is 4. The number of ether oxygens (including phenoxy) is 1. The van der Waals surface area contributed by atoms with Crippen LogP contribution < -0.4 is 0 Å². The van der Waals surface area contributed by atoms with Gasteiger partial charge in [0, 0.05) is 32.1 Å². The van der Waals surface area contributed by atoms with Gasteiger partial charge >= 0.3 is 5.97 Å². The number of carbonyl (C=O) groups is 1. The number of esters is 1. The van der Waals surface area contributed by atoms with E-state index < -0.39 is 5.60 Å². The lowest BCUT2D eigenvalue weighted by Gasteiger charge is -2.39. The first-order valence-electron chi connectivity index (χ1n) is 7.91. The molecule has 0 unspecified atom stereocenters. The molecule has 4 heteroatoms. The molecule has 0 saturated carbocycles.